The number of benzene rings is 6. The molecule has 0 spiro atoms. The highest BCUT2D eigenvalue weighted by atomic mass is 19.1. The Balaban J connectivity index is 0.000000225. The number of hydrogen-bond acceptors (Lipinski definition) is 38. The zero-order chi connectivity index (χ0) is 101. The van der Waals surface area contributed by atoms with Gasteiger partial charge >= 0.3 is 0 Å². The van der Waals surface area contributed by atoms with Crippen molar-refractivity contribution in [1.82, 2.24) is 0 Å². The molecule has 6 aromatic rings. The van der Waals surface area contributed by atoms with Gasteiger partial charge in [0.2, 0.25) is 0 Å². The molecule has 0 aromatic heterocycles. The van der Waals surface area contributed by atoms with Gasteiger partial charge < -0.3 is 184 Å². The van der Waals surface area contributed by atoms with E-state index in [1.54, 1.807) is 153 Å². The average Bonchev–Trinajstić information content (AvgIpc) is 0.821. The maximum atomic E-state index is 12.0. The topological polar surface area (TPSA) is 629 Å². The van der Waals surface area contributed by atoms with Crippen LogP contribution in [0.1, 0.15) is 156 Å². The number of halogens is 1. The van der Waals surface area contributed by atoms with Crippen LogP contribution < -0.4 is 28.4 Å². The van der Waals surface area contributed by atoms with Gasteiger partial charge in [0, 0.05) is 33.0 Å². The van der Waals surface area contributed by atoms with E-state index in [4.69, 9.17) is 66.8 Å². The van der Waals surface area contributed by atoms with E-state index >= 15 is 0 Å². The molecule has 6 aliphatic heterocycles. The normalized spacial score (nSPS) is 31.2. The number of ether oxygens (including phenoxy) is 13. The Kier molecular flexibility index (Phi) is 51.6. The molecule has 6 saturated heterocycles. The minimum absolute atomic E-state index is 0.299. The number of methoxy groups -OCH3 is 1. The molecule has 6 aromatic carbocycles. The third-order valence-electron chi connectivity index (χ3n) is 23.7. The molecule has 12 rings (SSSR count). The van der Waals surface area contributed by atoms with Crippen molar-refractivity contribution in [3.05, 3.63) is 179 Å². The summed E-state index contributed by atoms with van der Waals surface area (Å²) in [7, 11) is 1.63. The van der Waals surface area contributed by atoms with Crippen molar-refractivity contribution in [3.8, 4) is 52.4 Å². The first-order chi connectivity index (χ1) is 66.2. The summed E-state index contributed by atoms with van der Waals surface area (Å²) >= 11 is 0. The van der Waals surface area contributed by atoms with Gasteiger partial charge in [-0.15, -0.1) is 5.92 Å². The summed E-state index contributed by atoms with van der Waals surface area (Å²) in [5, 5.41) is 242. The number of unbranched alkanes of at least 4 members (excludes halogenated alkanes) is 2. The number of nitriles is 1. The van der Waals surface area contributed by atoms with Gasteiger partial charge in [0.1, 0.15) is 224 Å². The third kappa shape index (κ3) is 34.3. The molecule has 0 aliphatic carbocycles. The summed E-state index contributed by atoms with van der Waals surface area (Å²) in [6, 6.07) is 43.4. The van der Waals surface area contributed by atoms with E-state index in [0.29, 0.717) is 140 Å². The Morgan fingerprint density at radius 1 is 0.304 bits per heavy atom. The van der Waals surface area contributed by atoms with E-state index in [-0.39, 0.29) is 6.67 Å². The predicted molar refractivity (Wildman–Crippen MR) is 491 cm³/mol. The van der Waals surface area contributed by atoms with Gasteiger partial charge in [0.15, 0.2) is 0 Å². The summed E-state index contributed by atoms with van der Waals surface area (Å²) in [5.41, 5.74) is 3.75. The van der Waals surface area contributed by atoms with Crippen LogP contribution in [0.3, 0.4) is 0 Å². The summed E-state index contributed by atoms with van der Waals surface area (Å²) in [4.78, 5) is 0. The van der Waals surface area contributed by atoms with Gasteiger partial charge in [0.05, 0.1) is 85.4 Å². The van der Waals surface area contributed by atoms with Crippen molar-refractivity contribution in [2.24, 2.45) is 11.8 Å². The highest BCUT2D eigenvalue weighted by Gasteiger charge is 2.50. The minimum Gasteiger partial charge on any atom is -0.494 e. The molecule has 6 unspecified atom stereocenters. The van der Waals surface area contributed by atoms with Crippen molar-refractivity contribution in [2.75, 3.05) is 99.7 Å². The maximum absolute atomic E-state index is 12.0. The van der Waals surface area contributed by atoms with E-state index in [1.807, 2.05) is 13.0 Å². The molecular formula is C99H142FNO37. The molecule has 772 valence electrons. The highest BCUT2D eigenvalue weighted by Crippen LogP contribution is 2.41. The van der Waals surface area contributed by atoms with Crippen LogP contribution in [0.4, 0.5) is 4.39 Å². The SMILES string of the molecule is CC(C)CCOc1ccc(C2O[C@H](CO)[C@@H](O)[C@H](O)[C@@H]2O)cc1.CCC#CCOc1ccc(C2O[C@H](CO)[C@@H](O)[C@H](O)[C@@H]2O)cc1.CC[C@H](C)COc1ccc(C2O[C@H](CO)[C@@H](O)[C@H](O)[C@@H]2O)cc1.COCCCOc1ccc(C2O[C@H](CO)[C@@H](O)[C@H](O)[C@@H]2O)cc1.N#CCCCOc1ccc(C2O[C@H](CO)[C@@H](O)[C@H](O)[C@@H]2O)cc1.OC[C@H]1OC(c2ccc(OCCCCF)cc2)[C@@H](O)[C@@H](O)[C@@H]1O. The van der Waals surface area contributed by atoms with Crippen LogP contribution in [0.2, 0.25) is 0 Å². The maximum Gasteiger partial charge on any atom is 0.149 e. The second-order valence-electron chi connectivity index (χ2n) is 34.3. The van der Waals surface area contributed by atoms with Gasteiger partial charge in [-0.2, -0.15) is 5.26 Å². The minimum atomic E-state index is -1.40. The number of rotatable bonds is 36. The quantitative estimate of drug-likeness (QED) is 0.0193. The summed E-state index contributed by atoms with van der Waals surface area (Å²) in [6.07, 6.45) is -28.9. The van der Waals surface area contributed by atoms with Gasteiger partial charge in [-0.3, -0.25) is 4.39 Å². The predicted octanol–water partition coefficient (Wildman–Crippen LogP) is 1.08. The van der Waals surface area contributed by atoms with Crippen molar-refractivity contribution in [1.29, 1.82) is 5.26 Å². The van der Waals surface area contributed by atoms with Crippen LogP contribution in [0.15, 0.2) is 146 Å². The molecular weight excluding hydrogens is 1810 g/mol. The molecule has 138 heavy (non-hydrogen) atoms. The van der Waals surface area contributed by atoms with Gasteiger partial charge in [-0.25, -0.2) is 0 Å². The van der Waals surface area contributed by atoms with Crippen LogP contribution in [-0.2, 0) is 33.2 Å². The first kappa shape index (κ1) is 117. The van der Waals surface area contributed by atoms with E-state index in [0.717, 1.165) is 37.2 Å². The number of aliphatic hydroxyl groups is 24. The third-order valence-corrected chi connectivity index (χ3v) is 23.7. The van der Waals surface area contributed by atoms with Crippen molar-refractivity contribution in [3.63, 3.8) is 0 Å². The average molecular weight is 1960 g/mol. The Morgan fingerprint density at radius 3 is 0.783 bits per heavy atom. The number of aliphatic hydroxyl groups excluding tert-OH is 24. The summed E-state index contributed by atoms with van der Waals surface area (Å²) in [6.45, 7) is 11.0. The lowest BCUT2D eigenvalue weighted by Crippen LogP contribution is -2.55. The lowest BCUT2D eigenvalue weighted by Gasteiger charge is -2.40. The molecule has 6 aliphatic rings. The van der Waals surface area contributed by atoms with Crippen molar-refractivity contribution in [2.45, 2.75) is 269 Å². The van der Waals surface area contributed by atoms with Crippen LogP contribution in [0.25, 0.3) is 0 Å². The van der Waals surface area contributed by atoms with Crippen LogP contribution in [-0.4, -0.2) is 369 Å². The zero-order valence-corrected chi connectivity index (χ0v) is 78.3. The first-order valence-corrected chi connectivity index (χ1v) is 46.3. The number of hydrogen-bond donors (Lipinski definition) is 24. The smallest absolute Gasteiger partial charge is 0.149 e. The molecule has 39 heteroatoms. The second kappa shape index (κ2) is 61.0. The number of alkyl halides is 1. The Bertz CT molecular complexity index is 4290. The fraction of sp³-hybridized carbons (Fsp3) is 0.606. The van der Waals surface area contributed by atoms with E-state index < -0.39 is 223 Å². The molecule has 24 N–H and O–H groups in total. The van der Waals surface area contributed by atoms with Gasteiger partial charge in [-0.05, 0) is 144 Å². The van der Waals surface area contributed by atoms with Gasteiger partial charge in [0.25, 0.3) is 0 Å². The first-order valence-electron chi connectivity index (χ1n) is 46.3. The molecule has 0 radical (unpaired) electrons. The molecule has 31 atom stereocenters. The lowest BCUT2D eigenvalue weighted by atomic mass is 9.91. The standard InChI is InChI=1S/2C17H26O6.C17H22O6.C16H23FO6.C16H21NO6.C16H24O7/c1-10(2)7-8-22-12-5-3-11(4-6-12)17-16(21)15(20)14(19)13(9-18)23-17;1-3-10(2)9-22-12-6-4-11(5-7-12)17-16(21)15(20)14(19)13(8-18)23-17;1-2-3-4-9-22-12-7-5-11(6-8-12)17-16(21)15(20)14(19)13(10-18)23-17;2*17-7-1-2-8-22-11-5-3-10(4-6-11)16-15(21)14(20)13(19)12(9-18)23-16;1-21-7-2-8-22-11-5-3-10(4-6-11)16-15(20)14(19)13(18)12(9-17)23-16/h3-6,10,13-21H,7-9H2,1-2H3;4-7,10,13-21H,3,8-9H2,1-2H3;5-8,13-21H,2,9-10H2,1H3;3-6,12-16,18-21H,1-2,7-9H2;3-6,12-16,18-21H,1-2,8-9H2;3-6,12-20H,2,7-9H2,1H3/t13-,14-,15+,16+,17?;10-,13+,14+,15-,16-,17?;13-,14-,15+,16+,17?;3*12-,13-,14+,15+,16?/m101111/s1. The molecule has 0 bridgehead atoms. The lowest BCUT2D eigenvalue weighted by molar-refractivity contribution is -0.231. The van der Waals surface area contributed by atoms with Crippen LogP contribution in [0, 0.1) is 35.0 Å². The summed E-state index contributed by atoms with van der Waals surface area (Å²) in [5.74, 6) is 10.8. The monoisotopic (exact) mass is 1960 g/mol. The molecule has 0 amide bonds. The van der Waals surface area contributed by atoms with E-state index in [9.17, 15) is 127 Å². The van der Waals surface area contributed by atoms with E-state index in [1.165, 1.54) is 0 Å². The van der Waals surface area contributed by atoms with E-state index in [2.05, 4.69) is 39.5 Å². The Hall–Kier alpha value is -8.14. The second-order valence-corrected chi connectivity index (χ2v) is 34.3. The molecule has 6 heterocycles. The Labute approximate surface area is 802 Å². The molecule has 38 nitrogen and oxygen atoms in total. The highest BCUT2D eigenvalue weighted by molar-refractivity contribution is 5.36. The molecule has 6 fully saturated rings. The van der Waals surface area contributed by atoms with Crippen LogP contribution in [0.5, 0.6) is 34.5 Å². The Morgan fingerprint density at radius 2 is 0.551 bits per heavy atom. The zero-order valence-electron chi connectivity index (χ0n) is 78.3. The fourth-order valence-corrected chi connectivity index (χ4v) is 15.0. The fourth-order valence-electron chi connectivity index (χ4n) is 15.0. The van der Waals surface area contributed by atoms with Crippen LogP contribution >= 0.6 is 0 Å². The molecule has 0 saturated carbocycles. The largest absolute Gasteiger partial charge is 0.494 e. The van der Waals surface area contributed by atoms with Crippen molar-refractivity contribution < 1.29 is 189 Å². The van der Waals surface area contributed by atoms with Gasteiger partial charge in [-0.1, -0.05) is 120 Å². The summed E-state index contributed by atoms with van der Waals surface area (Å²) < 4.78 is 83.2. The number of nitrogens with zero attached hydrogens (tertiary/aromatic N) is 1. The van der Waals surface area contributed by atoms with Crippen molar-refractivity contribution >= 4 is 0 Å².